The first-order valence-electron chi connectivity index (χ1n) is 5.12. The molecule has 18 heavy (non-hydrogen) atoms. The average Bonchev–Trinajstić information content (AvgIpc) is 2.34. The zero-order valence-electron chi connectivity index (χ0n) is 9.46. The Hall–Kier alpha value is -1.95. The molecule has 1 heterocycles. The minimum absolute atomic E-state index is 0.185. The third-order valence-electron chi connectivity index (χ3n) is 2.25. The van der Waals surface area contributed by atoms with Crippen molar-refractivity contribution in [3.63, 3.8) is 0 Å². The van der Waals surface area contributed by atoms with Gasteiger partial charge in [-0.15, -0.1) is 0 Å². The molecule has 1 aromatic carbocycles. The van der Waals surface area contributed by atoms with Crippen LogP contribution in [0.2, 0.25) is 0 Å². The van der Waals surface area contributed by atoms with Crippen LogP contribution in [0, 0.1) is 17.0 Å². The first-order valence-corrected chi connectivity index (χ1v) is 5.91. The maximum absolute atomic E-state index is 10.6. The Morgan fingerprint density at radius 3 is 2.44 bits per heavy atom. The van der Waals surface area contributed by atoms with Gasteiger partial charge in [-0.2, -0.15) is 0 Å². The highest BCUT2D eigenvalue weighted by Gasteiger charge is 2.13. The lowest BCUT2D eigenvalue weighted by molar-refractivity contribution is -0.389. The van der Waals surface area contributed by atoms with Crippen LogP contribution in [0.15, 0.2) is 40.9 Å². The summed E-state index contributed by atoms with van der Waals surface area (Å²) in [5, 5.41) is 10.6. The average molecular weight is 309 g/mol. The van der Waals surface area contributed by atoms with Gasteiger partial charge in [0.1, 0.15) is 5.75 Å². The molecule has 0 radical (unpaired) electrons. The fraction of sp³-hybridized carbons (Fsp3) is 0.0833. The highest BCUT2D eigenvalue weighted by molar-refractivity contribution is 9.10. The maximum Gasteiger partial charge on any atom is 0.363 e. The number of aromatic nitrogens is 1. The number of benzene rings is 1. The smallest absolute Gasteiger partial charge is 0.363 e. The number of halogens is 1. The van der Waals surface area contributed by atoms with E-state index in [-0.39, 0.29) is 5.82 Å². The minimum Gasteiger partial charge on any atom is -0.453 e. The Bertz CT molecular complexity index is 584. The van der Waals surface area contributed by atoms with Crippen LogP contribution in [0.25, 0.3) is 0 Å². The topological polar surface area (TPSA) is 65.3 Å². The summed E-state index contributed by atoms with van der Waals surface area (Å²) in [6, 6.07) is 10.2. The second kappa shape index (κ2) is 5.14. The quantitative estimate of drug-likeness (QED) is 0.638. The van der Waals surface area contributed by atoms with Crippen LogP contribution in [0.1, 0.15) is 5.69 Å². The third kappa shape index (κ3) is 2.84. The lowest BCUT2D eigenvalue weighted by Crippen LogP contribution is -1.96. The van der Waals surface area contributed by atoms with Crippen molar-refractivity contribution in [2.24, 2.45) is 0 Å². The second-order valence-corrected chi connectivity index (χ2v) is 4.48. The van der Waals surface area contributed by atoms with E-state index >= 15 is 0 Å². The summed E-state index contributed by atoms with van der Waals surface area (Å²) in [5.41, 5.74) is 0.479. The Kier molecular flexibility index (Phi) is 3.57. The summed E-state index contributed by atoms with van der Waals surface area (Å²) in [7, 11) is 0. The standard InChI is InChI=1S/C12H9BrN2O3/c1-8-11(6-7-12(14-8)15(16)17)18-10-4-2-9(13)3-5-10/h2-7H,1H3. The van der Waals surface area contributed by atoms with Crippen LogP contribution in [-0.2, 0) is 0 Å². The van der Waals surface area contributed by atoms with Gasteiger partial charge in [-0.1, -0.05) is 15.9 Å². The van der Waals surface area contributed by atoms with E-state index in [0.717, 1.165) is 4.47 Å². The Balaban J connectivity index is 2.24. The normalized spacial score (nSPS) is 10.1. The number of nitrogens with zero attached hydrogens (tertiary/aromatic N) is 2. The van der Waals surface area contributed by atoms with Gasteiger partial charge >= 0.3 is 5.82 Å². The molecule has 2 rings (SSSR count). The summed E-state index contributed by atoms with van der Waals surface area (Å²) in [5.74, 6) is 0.968. The second-order valence-electron chi connectivity index (χ2n) is 3.57. The molecular formula is C12H9BrN2O3. The molecule has 0 aliphatic carbocycles. The van der Waals surface area contributed by atoms with Crippen molar-refractivity contribution in [2.45, 2.75) is 6.92 Å². The number of hydrogen-bond acceptors (Lipinski definition) is 4. The number of pyridine rings is 1. The molecule has 6 heteroatoms. The highest BCUT2D eigenvalue weighted by Crippen LogP contribution is 2.26. The summed E-state index contributed by atoms with van der Waals surface area (Å²) in [6.45, 7) is 1.67. The van der Waals surface area contributed by atoms with Crippen LogP contribution < -0.4 is 4.74 Å². The van der Waals surface area contributed by atoms with Crippen LogP contribution in [0.5, 0.6) is 11.5 Å². The molecule has 5 nitrogen and oxygen atoms in total. The highest BCUT2D eigenvalue weighted by atomic mass is 79.9. The molecule has 2 aromatic rings. The third-order valence-corrected chi connectivity index (χ3v) is 2.78. The minimum atomic E-state index is -0.531. The molecule has 0 saturated carbocycles. The number of nitro groups is 1. The fourth-order valence-corrected chi connectivity index (χ4v) is 1.64. The summed E-state index contributed by atoms with van der Waals surface area (Å²) < 4.78 is 6.55. The van der Waals surface area contributed by atoms with Crippen molar-refractivity contribution in [2.75, 3.05) is 0 Å². The Morgan fingerprint density at radius 2 is 1.89 bits per heavy atom. The molecule has 92 valence electrons. The van der Waals surface area contributed by atoms with Crippen molar-refractivity contribution in [1.29, 1.82) is 0 Å². The summed E-state index contributed by atoms with van der Waals surface area (Å²) >= 11 is 3.33. The number of hydrogen-bond donors (Lipinski definition) is 0. The summed E-state index contributed by atoms with van der Waals surface area (Å²) in [6.07, 6.45) is 0. The molecule has 0 aliphatic heterocycles. The van der Waals surface area contributed by atoms with Crippen LogP contribution >= 0.6 is 15.9 Å². The molecule has 0 fully saturated rings. The van der Waals surface area contributed by atoms with Gasteiger partial charge in [0, 0.05) is 17.5 Å². The predicted molar refractivity (Wildman–Crippen MR) is 69.8 cm³/mol. The Labute approximate surface area is 112 Å². The molecule has 1 aromatic heterocycles. The molecule has 0 atom stereocenters. The van der Waals surface area contributed by atoms with Gasteiger partial charge in [0.05, 0.1) is 0 Å². The molecule has 0 N–H and O–H groups in total. The van der Waals surface area contributed by atoms with Crippen molar-refractivity contribution < 1.29 is 9.66 Å². The van der Waals surface area contributed by atoms with Crippen LogP contribution in [0.4, 0.5) is 5.82 Å². The van der Waals surface area contributed by atoms with E-state index < -0.39 is 4.92 Å². The molecule has 0 saturated heterocycles. The monoisotopic (exact) mass is 308 g/mol. The van der Waals surface area contributed by atoms with Crippen LogP contribution in [-0.4, -0.2) is 9.91 Å². The van der Waals surface area contributed by atoms with Crippen molar-refractivity contribution in [1.82, 2.24) is 4.98 Å². The van der Waals surface area contributed by atoms with E-state index in [1.54, 1.807) is 25.1 Å². The first kappa shape index (κ1) is 12.5. The number of rotatable bonds is 3. The van der Waals surface area contributed by atoms with Gasteiger partial charge in [0.15, 0.2) is 11.4 Å². The van der Waals surface area contributed by atoms with E-state index in [4.69, 9.17) is 4.74 Å². The molecule has 0 bridgehead atoms. The molecule has 0 aliphatic rings. The molecular weight excluding hydrogens is 300 g/mol. The zero-order valence-corrected chi connectivity index (χ0v) is 11.0. The molecule has 0 amide bonds. The van der Waals surface area contributed by atoms with E-state index in [9.17, 15) is 10.1 Å². The maximum atomic E-state index is 10.6. The number of ether oxygens (including phenoxy) is 1. The van der Waals surface area contributed by atoms with E-state index in [1.807, 2.05) is 12.1 Å². The van der Waals surface area contributed by atoms with E-state index in [1.165, 1.54) is 6.07 Å². The fourth-order valence-electron chi connectivity index (χ4n) is 1.37. The predicted octanol–water partition coefficient (Wildman–Crippen LogP) is 3.85. The number of aryl methyl sites for hydroxylation is 1. The van der Waals surface area contributed by atoms with Crippen molar-refractivity contribution in [3.05, 3.63) is 56.7 Å². The van der Waals surface area contributed by atoms with Crippen molar-refractivity contribution >= 4 is 21.7 Å². The van der Waals surface area contributed by atoms with Crippen molar-refractivity contribution in [3.8, 4) is 11.5 Å². The largest absolute Gasteiger partial charge is 0.453 e. The molecule has 0 spiro atoms. The lowest BCUT2D eigenvalue weighted by Gasteiger charge is -2.05. The van der Waals surface area contributed by atoms with Gasteiger partial charge in [0.25, 0.3) is 0 Å². The van der Waals surface area contributed by atoms with Gasteiger partial charge in [0.2, 0.25) is 0 Å². The first-order chi connectivity index (χ1) is 8.56. The Morgan fingerprint density at radius 1 is 1.22 bits per heavy atom. The van der Waals surface area contributed by atoms with E-state index in [0.29, 0.717) is 17.2 Å². The van der Waals surface area contributed by atoms with Gasteiger partial charge in [-0.25, -0.2) is 0 Å². The zero-order chi connectivity index (χ0) is 13.1. The lowest BCUT2D eigenvalue weighted by atomic mass is 10.3. The van der Waals surface area contributed by atoms with Gasteiger partial charge < -0.3 is 14.9 Å². The summed E-state index contributed by atoms with van der Waals surface area (Å²) in [4.78, 5) is 13.9. The van der Waals surface area contributed by atoms with Gasteiger partial charge in [-0.3, -0.25) is 0 Å². The SMILES string of the molecule is Cc1nc([N+](=O)[O-])ccc1Oc1ccc(Br)cc1. The molecule has 0 unspecified atom stereocenters. The van der Waals surface area contributed by atoms with Gasteiger partial charge in [-0.05, 0) is 40.2 Å². The van der Waals surface area contributed by atoms with E-state index in [2.05, 4.69) is 20.9 Å². The van der Waals surface area contributed by atoms with Crippen LogP contribution in [0.3, 0.4) is 0 Å².